The minimum absolute atomic E-state index is 0.0533. The summed E-state index contributed by atoms with van der Waals surface area (Å²) in [5.41, 5.74) is 1.38. The summed E-state index contributed by atoms with van der Waals surface area (Å²) in [6.45, 7) is 7.10. The number of ether oxygens (including phenoxy) is 1. The standard InChI is InChI=1S/C15H23ClO/c1-4-15(12-16,10-11-17-13(2)3)14-8-6-5-7-9-14/h5-9,13H,4,10-12H2,1-3H3. The Balaban J connectivity index is 2.75. The normalized spacial score (nSPS) is 14.9. The van der Waals surface area contributed by atoms with E-state index in [1.54, 1.807) is 0 Å². The van der Waals surface area contributed by atoms with Crippen LogP contribution in [0.25, 0.3) is 0 Å². The SMILES string of the molecule is CCC(CCl)(CCOC(C)C)c1ccccc1. The van der Waals surface area contributed by atoms with E-state index in [9.17, 15) is 0 Å². The van der Waals surface area contributed by atoms with Crippen molar-refractivity contribution in [3.63, 3.8) is 0 Å². The van der Waals surface area contributed by atoms with Gasteiger partial charge in [0, 0.05) is 17.9 Å². The van der Waals surface area contributed by atoms with Gasteiger partial charge in [-0.1, -0.05) is 37.3 Å². The lowest BCUT2D eigenvalue weighted by Crippen LogP contribution is -2.29. The largest absolute Gasteiger partial charge is 0.379 e. The van der Waals surface area contributed by atoms with Crippen molar-refractivity contribution < 1.29 is 4.74 Å². The fourth-order valence-corrected chi connectivity index (χ4v) is 2.52. The van der Waals surface area contributed by atoms with E-state index in [2.05, 4.69) is 45.0 Å². The van der Waals surface area contributed by atoms with Crippen molar-refractivity contribution >= 4 is 11.6 Å². The van der Waals surface area contributed by atoms with Crippen molar-refractivity contribution in [1.29, 1.82) is 0 Å². The van der Waals surface area contributed by atoms with Crippen molar-refractivity contribution in [2.45, 2.75) is 45.1 Å². The molecule has 0 saturated heterocycles. The summed E-state index contributed by atoms with van der Waals surface area (Å²) >= 11 is 6.22. The van der Waals surface area contributed by atoms with Gasteiger partial charge < -0.3 is 4.74 Å². The molecule has 96 valence electrons. The summed E-state index contributed by atoms with van der Waals surface area (Å²) in [6.07, 6.45) is 2.31. The maximum absolute atomic E-state index is 6.22. The van der Waals surface area contributed by atoms with Gasteiger partial charge in [0.15, 0.2) is 0 Å². The fraction of sp³-hybridized carbons (Fsp3) is 0.600. The van der Waals surface area contributed by atoms with Crippen LogP contribution in [-0.4, -0.2) is 18.6 Å². The highest BCUT2D eigenvalue weighted by atomic mass is 35.5. The van der Waals surface area contributed by atoms with Crippen LogP contribution in [0.2, 0.25) is 0 Å². The first kappa shape index (κ1) is 14.5. The van der Waals surface area contributed by atoms with Crippen molar-refractivity contribution in [3.05, 3.63) is 35.9 Å². The molecule has 0 N–H and O–H groups in total. The molecule has 0 aliphatic rings. The summed E-state index contributed by atoms with van der Waals surface area (Å²) in [6, 6.07) is 10.5. The summed E-state index contributed by atoms with van der Waals surface area (Å²) in [5, 5.41) is 0. The summed E-state index contributed by atoms with van der Waals surface area (Å²) in [7, 11) is 0. The van der Waals surface area contributed by atoms with Gasteiger partial charge in [0.1, 0.15) is 0 Å². The Morgan fingerprint density at radius 1 is 1.24 bits per heavy atom. The van der Waals surface area contributed by atoms with Crippen LogP contribution < -0.4 is 0 Å². The summed E-state index contributed by atoms with van der Waals surface area (Å²) in [4.78, 5) is 0. The van der Waals surface area contributed by atoms with Gasteiger partial charge in [0.25, 0.3) is 0 Å². The minimum atomic E-state index is 0.0533. The molecule has 0 bridgehead atoms. The average molecular weight is 255 g/mol. The third-order valence-corrected chi connectivity index (χ3v) is 3.86. The first-order valence-electron chi connectivity index (χ1n) is 6.37. The van der Waals surface area contributed by atoms with Gasteiger partial charge in [-0.3, -0.25) is 0 Å². The van der Waals surface area contributed by atoms with E-state index in [0.29, 0.717) is 5.88 Å². The Morgan fingerprint density at radius 2 is 1.88 bits per heavy atom. The molecule has 1 rings (SSSR count). The zero-order valence-corrected chi connectivity index (χ0v) is 11.8. The van der Waals surface area contributed by atoms with Gasteiger partial charge in [-0.15, -0.1) is 11.6 Å². The molecule has 1 aromatic rings. The monoisotopic (exact) mass is 254 g/mol. The average Bonchev–Trinajstić information content (AvgIpc) is 2.36. The molecule has 1 aromatic carbocycles. The maximum atomic E-state index is 6.22. The van der Waals surface area contributed by atoms with E-state index in [1.807, 2.05) is 6.07 Å². The van der Waals surface area contributed by atoms with Gasteiger partial charge in [0.2, 0.25) is 0 Å². The third kappa shape index (κ3) is 4.01. The lowest BCUT2D eigenvalue weighted by atomic mass is 9.77. The molecule has 1 unspecified atom stereocenters. The molecule has 0 saturated carbocycles. The number of benzene rings is 1. The van der Waals surface area contributed by atoms with Crippen molar-refractivity contribution in [2.75, 3.05) is 12.5 Å². The van der Waals surface area contributed by atoms with E-state index < -0.39 is 0 Å². The minimum Gasteiger partial charge on any atom is -0.379 e. The summed E-state index contributed by atoms with van der Waals surface area (Å²) in [5.74, 6) is 0.648. The van der Waals surface area contributed by atoms with Gasteiger partial charge in [-0.25, -0.2) is 0 Å². The van der Waals surface area contributed by atoms with E-state index in [0.717, 1.165) is 19.4 Å². The smallest absolute Gasteiger partial charge is 0.0518 e. The quantitative estimate of drug-likeness (QED) is 0.656. The zero-order chi connectivity index (χ0) is 12.7. The first-order valence-corrected chi connectivity index (χ1v) is 6.91. The van der Waals surface area contributed by atoms with E-state index in [4.69, 9.17) is 16.3 Å². The van der Waals surface area contributed by atoms with Crippen LogP contribution in [-0.2, 0) is 10.2 Å². The Morgan fingerprint density at radius 3 is 2.35 bits per heavy atom. The molecule has 0 radical (unpaired) electrons. The van der Waals surface area contributed by atoms with Gasteiger partial charge in [-0.05, 0) is 32.3 Å². The molecule has 0 fully saturated rings. The van der Waals surface area contributed by atoms with E-state index >= 15 is 0 Å². The Labute approximate surface area is 110 Å². The van der Waals surface area contributed by atoms with Crippen LogP contribution in [0.4, 0.5) is 0 Å². The predicted molar refractivity (Wildman–Crippen MR) is 74.8 cm³/mol. The molecule has 0 aliphatic carbocycles. The maximum Gasteiger partial charge on any atom is 0.0518 e. The Kier molecular flexibility index (Phi) is 6.01. The molecule has 0 aromatic heterocycles. The predicted octanol–water partition coefficient (Wildman–Crippen LogP) is 4.39. The molecule has 0 heterocycles. The molecular weight excluding hydrogens is 232 g/mol. The van der Waals surface area contributed by atoms with Crippen LogP contribution in [0, 0.1) is 0 Å². The number of alkyl halides is 1. The van der Waals surface area contributed by atoms with Gasteiger partial charge in [-0.2, -0.15) is 0 Å². The highest BCUT2D eigenvalue weighted by Crippen LogP contribution is 2.33. The molecule has 0 spiro atoms. The van der Waals surface area contributed by atoms with Crippen LogP contribution >= 0.6 is 11.6 Å². The van der Waals surface area contributed by atoms with Crippen molar-refractivity contribution in [3.8, 4) is 0 Å². The molecular formula is C15H23ClO. The Bertz CT molecular complexity index is 304. The topological polar surface area (TPSA) is 9.23 Å². The molecule has 1 atom stereocenters. The fourth-order valence-electron chi connectivity index (χ4n) is 2.05. The van der Waals surface area contributed by atoms with E-state index in [1.165, 1.54) is 5.56 Å². The molecule has 1 nitrogen and oxygen atoms in total. The molecule has 17 heavy (non-hydrogen) atoms. The van der Waals surface area contributed by atoms with Crippen LogP contribution in [0.15, 0.2) is 30.3 Å². The summed E-state index contributed by atoms with van der Waals surface area (Å²) < 4.78 is 5.66. The van der Waals surface area contributed by atoms with Crippen LogP contribution in [0.3, 0.4) is 0 Å². The van der Waals surface area contributed by atoms with Crippen LogP contribution in [0.1, 0.15) is 39.2 Å². The van der Waals surface area contributed by atoms with Gasteiger partial charge in [0.05, 0.1) is 6.10 Å². The highest BCUT2D eigenvalue weighted by molar-refractivity contribution is 6.18. The number of hydrogen-bond acceptors (Lipinski definition) is 1. The zero-order valence-electron chi connectivity index (χ0n) is 11.1. The van der Waals surface area contributed by atoms with Crippen molar-refractivity contribution in [1.82, 2.24) is 0 Å². The van der Waals surface area contributed by atoms with Crippen LogP contribution in [0.5, 0.6) is 0 Å². The third-order valence-electron chi connectivity index (χ3n) is 3.35. The lowest BCUT2D eigenvalue weighted by Gasteiger charge is -2.31. The second-order valence-electron chi connectivity index (χ2n) is 4.80. The lowest BCUT2D eigenvalue weighted by molar-refractivity contribution is 0.0653. The first-order chi connectivity index (χ1) is 8.14. The molecule has 2 heteroatoms. The molecule has 0 aliphatic heterocycles. The van der Waals surface area contributed by atoms with Crippen molar-refractivity contribution in [2.24, 2.45) is 0 Å². The Hall–Kier alpha value is -0.530. The second-order valence-corrected chi connectivity index (χ2v) is 5.07. The number of rotatable bonds is 7. The van der Waals surface area contributed by atoms with E-state index in [-0.39, 0.29) is 11.5 Å². The highest BCUT2D eigenvalue weighted by Gasteiger charge is 2.29. The second kappa shape index (κ2) is 7.03. The molecule has 0 amide bonds. The number of halogens is 1. The number of hydrogen-bond donors (Lipinski definition) is 0. The van der Waals surface area contributed by atoms with Gasteiger partial charge >= 0.3 is 0 Å².